The Bertz CT molecular complexity index is 764. The van der Waals surface area contributed by atoms with E-state index in [2.05, 4.69) is 16.8 Å². The number of nitrogens with zero attached hydrogens (tertiary/aromatic N) is 3. The van der Waals surface area contributed by atoms with Gasteiger partial charge in [-0.15, -0.1) is 15.0 Å². The van der Waals surface area contributed by atoms with Crippen molar-refractivity contribution < 1.29 is 14.6 Å². The predicted molar refractivity (Wildman–Crippen MR) is 92.6 cm³/mol. The van der Waals surface area contributed by atoms with Gasteiger partial charge in [-0.1, -0.05) is 39.0 Å². The molecular formula is C17H22ClN3O3. The molecule has 24 heavy (non-hydrogen) atoms. The van der Waals surface area contributed by atoms with Gasteiger partial charge in [0.1, 0.15) is 17.1 Å². The van der Waals surface area contributed by atoms with Gasteiger partial charge in [-0.3, -0.25) is 0 Å². The lowest BCUT2D eigenvalue weighted by molar-refractivity contribution is -0.163. The van der Waals surface area contributed by atoms with Crippen LogP contribution >= 0.6 is 11.6 Å². The number of hydrogen-bond acceptors (Lipinski definition) is 5. The molecule has 1 aromatic carbocycles. The van der Waals surface area contributed by atoms with E-state index in [1.165, 1.54) is 4.80 Å². The fraction of sp³-hybridized carbons (Fsp3) is 0.471. The molecule has 2 atom stereocenters. The van der Waals surface area contributed by atoms with Crippen molar-refractivity contribution in [3.63, 3.8) is 0 Å². The van der Waals surface area contributed by atoms with Gasteiger partial charge in [-0.25, -0.2) is 4.79 Å². The SMILES string of the molecule is C=C(C)C(=O)OC(C(O)CC(C)(C)C)n1nc2ccc(Cl)cc2n1. The third kappa shape index (κ3) is 4.55. The van der Waals surface area contributed by atoms with E-state index in [0.29, 0.717) is 22.5 Å². The van der Waals surface area contributed by atoms with Gasteiger partial charge in [0, 0.05) is 10.6 Å². The lowest BCUT2D eigenvalue weighted by Crippen LogP contribution is -2.33. The van der Waals surface area contributed by atoms with Crippen LogP contribution in [0.4, 0.5) is 0 Å². The minimum atomic E-state index is -1.04. The summed E-state index contributed by atoms with van der Waals surface area (Å²) in [5.74, 6) is -0.604. The Balaban J connectivity index is 2.38. The highest BCUT2D eigenvalue weighted by molar-refractivity contribution is 6.31. The van der Waals surface area contributed by atoms with Crippen LogP contribution in [-0.2, 0) is 9.53 Å². The van der Waals surface area contributed by atoms with Crippen LogP contribution in [0.25, 0.3) is 11.0 Å². The second-order valence-corrected chi connectivity index (χ2v) is 7.50. The summed E-state index contributed by atoms with van der Waals surface area (Å²) in [5, 5.41) is 19.7. The minimum absolute atomic E-state index is 0.164. The first-order chi connectivity index (χ1) is 11.1. The van der Waals surface area contributed by atoms with Crippen LogP contribution in [0.1, 0.15) is 40.3 Å². The summed E-state index contributed by atoms with van der Waals surface area (Å²) in [6.07, 6.45) is -1.61. The van der Waals surface area contributed by atoms with Gasteiger partial charge in [-0.2, -0.15) is 0 Å². The molecule has 1 N–H and O–H groups in total. The number of carbonyl (C=O) groups is 1. The van der Waals surface area contributed by atoms with Crippen LogP contribution in [0.5, 0.6) is 0 Å². The number of aliphatic hydroxyl groups is 1. The van der Waals surface area contributed by atoms with Gasteiger partial charge in [0.05, 0.1) is 0 Å². The molecule has 1 aromatic heterocycles. The zero-order valence-electron chi connectivity index (χ0n) is 14.3. The maximum absolute atomic E-state index is 11.9. The van der Waals surface area contributed by atoms with E-state index in [1.54, 1.807) is 25.1 Å². The summed E-state index contributed by atoms with van der Waals surface area (Å²) < 4.78 is 5.38. The van der Waals surface area contributed by atoms with Crippen LogP contribution in [0.3, 0.4) is 0 Å². The molecule has 0 saturated carbocycles. The lowest BCUT2D eigenvalue weighted by Gasteiger charge is -2.27. The average molecular weight is 352 g/mol. The summed E-state index contributed by atoms with van der Waals surface area (Å²) in [6.45, 7) is 11.1. The van der Waals surface area contributed by atoms with Crippen LogP contribution in [0, 0.1) is 5.41 Å². The highest BCUT2D eigenvalue weighted by atomic mass is 35.5. The third-order valence-corrected chi connectivity index (χ3v) is 3.55. The lowest BCUT2D eigenvalue weighted by atomic mass is 9.89. The summed E-state index contributed by atoms with van der Waals surface area (Å²) in [7, 11) is 0. The Labute approximate surface area is 146 Å². The fourth-order valence-corrected chi connectivity index (χ4v) is 2.40. The van der Waals surface area contributed by atoms with Gasteiger partial charge < -0.3 is 9.84 Å². The van der Waals surface area contributed by atoms with Crippen molar-refractivity contribution in [3.05, 3.63) is 35.4 Å². The van der Waals surface area contributed by atoms with Crippen LogP contribution in [0.15, 0.2) is 30.4 Å². The van der Waals surface area contributed by atoms with Crippen molar-refractivity contribution >= 4 is 28.6 Å². The number of rotatable bonds is 5. The van der Waals surface area contributed by atoms with Crippen molar-refractivity contribution in [2.24, 2.45) is 5.41 Å². The molecule has 2 rings (SSSR count). The molecule has 0 radical (unpaired) electrons. The Kier molecular flexibility index (Phi) is 5.30. The number of benzene rings is 1. The van der Waals surface area contributed by atoms with Gasteiger partial charge in [-0.05, 0) is 37.0 Å². The largest absolute Gasteiger partial charge is 0.432 e. The monoisotopic (exact) mass is 351 g/mol. The highest BCUT2D eigenvalue weighted by Crippen LogP contribution is 2.28. The maximum Gasteiger partial charge on any atom is 0.335 e. The van der Waals surface area contributed by atoms with Crippen molar-refractivity contribution in [1.82, 2.24) is 15.0 Å². The normalized spacial score (nSPS) is 14.4. The quantitative estimate of drug-likeness (QED) is 0.659. The molecule has 0 amide bonds. The molecule has 0 bridgehead atoms. The molecule has 1 heterocycles. The molecule has 0 aliphatic heterocycles. The number of fused-ring (bicyclic) bond motifs is 1. The molecule has 0 spiro atoms. The molecule has 2 unspecified atom stereocenters. The van der Waals surface area contributed by atoms with Crippen molar-refractivity contribution in [1.29, 1.82) is 0 Å². The summed E-state index contributed by atoms with van der Waals surface area (Å²) in [4.78, 5) is 13.2. The van der Waals surface area contributed by atoms with E-state index in [9.17, 15) is 9.90 Å². The number of aromatic nitrogens is 3. The average Bonchev–Trinajstić information content (AvgIpc) is 2.84. The fourth-order valence-electron chi connectivity index (χ4n) is 2.24. The number of esters is 1. The Morgan fingerprint density at radius 1 is 1.38 bits per heavy atom. The Hall–Kier alpha value is -1.92. The molecule has 0 fully saturated rings. The summed E-state index contributed by atoms with van der Waals surface area (Å²) in [6, 6.07) is 5.08. The van der Waals surface area contributed by atoms with E-state index in [-0.39, 0.29) is 11.0 Å². The Morgan fingerprint density at radius 3 is 2.58 bits per heavy atom. The van der Waals surface area contributed by atoms with Gasteiger partial charge >= 0.3 is 5.97 Å². The molecule has 0 aliphatic rings. The first kappa shape index (κ1) is 18.4. The van der Waals surface area contributed by atoms with E-state index in [1.807, 2.05) is 20.8 Å². The van der Waals surface area contributed by atoms with Gasteiger partial charge in [0.15, 0.2) is 0 Å². The van der Waals surface area contributed by atoms with Crippen molar-refractivity contribution in [2.75, 3.05) is 0 Å². The zero-order chi connectivity index (χ0) is 18.1. The molecule has 2 aromatic rings. The second-order valence-electron chi connectivity index (χ2n) is 7.06. The second kappa shape index (κ2) is 6.91. The molecule has 0 aliphatic carbocycles. The van der Waals surface area contributed by atoms with Crippen LogP contribution in [-0.4, -0.2) is 32.2 Å². The zero-order valence-corrected chi connectivity index (χ0v) is 15.0. The number of aliphatic hydroxyl groups excluding tert-OH is 1. The first-order valence-electron chi connectivity index (χ1n) is 7.63. The number of carbonyl (C=O) groups excluding carboxylic acids is 1. The molecule has 130 valence electrons. The highest BCUT2D eigenvalue weighted by Gasteiger charge is 2.31. The van der Waals surface area contributed by atoms with E-state index in [4.69, 9.17) is 16.3 Å². The van der Waals surface area contributed by atoms with Crippen LogP contribution < -0.4 is 0 Å². The smallest absolute Gasteiger partial charge is 0.335 e. The van der Waals surface area contributed by atoms with Gasteiger partial charge in [0.25, 0.3) is 0 Å². The number of ether oxygens (including phenoxy) is 1. The standard InChI is InChI=1S/C17H22ClN3O3/c1-10(2)16(23)24-15(14(22)9-17(3,4)5)21-19-12-7-6-11(18)8-13(12)20-21/h6-8,14-15,22H,1,9H2,2-5H3. The molecular weight excluding hydrogens is 330 g/mol. The van der Waals surface area contributed by atoms with Gasteiger partial charge in [0.2, 0.25) is 6.23 Å². The van der Waals surface area contributed by atoms with Crippen LogP contribution in [0.2, 0.25) is 5.02 Å². The topological polar surface area (TPSA) is 77.2 Å². The molecule has 7 heteroatoms. The van der Waals surface area contributed by atoms with Crippen molar-refractivity contribution in [2.45, 2.75) is 46.4 Å². The third-order valence-electron chi connectivity index (χ3n) is 3.31. The predicted octanol–water partition coefficient (Wildman–Crippen LogP) is 3.50. The Morgan fingerprint density at radius 2 is 2.00 bits per heavy atom. The first-order valence-corrected chi connectivity index (χ1v) is 8.01. The molecule has 6 nitrogen and oxygen atoms in total. The number of halogens is 1. The summed E-state index contributed by atoms with van der Waals surface area (Å²) >= 11 is 5.96. The molecule has 0 saturated heterocycles. The van der Waals surface area contributed by atoms with E-state index >= 15 is 0 Å². The van der Waals surface area contributed by atoms with Crippen molar-refractivity contribution in [3.8, 4) is 0 Å². The minimum Gasteiger partial charge on any atom is -0.432 e. The van der Waals surface area contributed by atoms with E-state index in [0.717, 1.165) is 0 Å². The van der Waals surface area contributed by atoms with E-state index < -0.39 is 18.3 Å². The number of hydrogen-bond donors (Lipinski definition) is 1. The summed E-state index contributed by atoms with van der Waals surface area (Å²) in [5.41, 5.74) is 1.23. The maximum atomic E-state index is 11.9.